The summed E-state index contributed by atoms with van der Waals surface area (Å²) in [7, 11) is 0. The maximum absolute atomic E-state index is 12.1. The average molecular weight is 268 g/mol. The summed E-state index contributed by atoms with van der Waals surface area (Å²) in [6, 6.07) is -1.25. The van der Waals surface area contributed by atoms with E-state index in [1.165, 1.54) is 30.6 Å². The lowest BCUT2D eigenvalue weighted by Crippen LogP contribution is -2.47. The summed E-state index contributed by atoms with van der Waals surface area (Å²) >= 11 is 0. The predicted molar refractivity (Wildman–Crippen MR) is 66.5 cm³/mol. The summed E-state index contributed by atoms with van der Waals surface area (Å²) in [5.41, 5.74) is 0.298. The summed E-state index contributed by atoms with van der Waals surface area (Å²) in [6.45, 7) is 0.759. The highest BCUT2D eigenvalue weighted by molar-refractivity contribution is 5.83. The van der Waals surface area contributed by atoms with E-state index in [9.17, 15) is 14.7 Å². The number of carboxylic acids is 1. The van der Waals surface area contributed by atoms with Crippen molar-refractivity contribution >= 4 is 12.0 Å². The van der Waals surface area contributed by atoms with E-state index in [2.05, 4.69) is 5.32 Å². The Morgan fingerprint density at radius 3 is 2.53 bits per heavy atom. The summed E-state index contributed by atoms with van der Waals surface area (Å²) in [6.07, 6.45) is 4.25. The van der Waals surface area contributed by atoms with Gasteiger partial charge in [-0.05, 0) is 37.0 Å². The van der Waals surface area contributed by atoms with Crippen LogP contribution in [0.5, 0.6) is 0 Å². The van der Waals surface area contributed by atoms with Crippen LogP contribution in [-0.4, -0.2) is 52.3 Å². The van der Waals surface area contributed by atoms with Crippen LogP contribution >= 0.6 is 0 Å². The molecule has 3 rings (SSSR count). The number of carbonyl (C=O) groups excluding carboxylic acids is 1. The number of carbonyl (C=O) groups is 2. The minimum absolute atomic E-state index is 0.110. The number of nitrogens with one attached hydrogen (secondary N) is 1. The second kappa shape index (κ2) is 4.37. The smallest absolute Gasteiger partial charge is 0.326 e. The molecule has 1 aliphatic heterocycles. The minimum atomic E-state index is -1.05. The molecule has 2 saturated carbocycles. The van der Waals surface area contributed by atoms with Gasteiger partial charge in [-0.2, -0.15) is 0 Å². The molecule has 0 aromatic heterocycles. The number of urea groups is 1. The lowest BCUT2D eigenvalue weighted by atomic mass is 10.0. The zero-order valence-corrected chi connectivity index (χ0v) is 10.8. The molecule has 0 aromatic rings. The van der Waals surface area contributed by atoms with Crippen LogP contribution in [0.25, 0.3) is 0 Å². The normalized spacial score (nSPS) is 32.2. The number of carboxylic acid groups (broad SMARTS) is 1. The molecule has 1 saturated heterocycles. The molecule has 6 nitrogen and oxygen atoms in total. The quantitative estimate of drug-likeness (QED) is 0.688. The van der Waals surface area contributed by atoms with Gasteiger partial charge in [-0.1, -0.05) is 0 Å². The van der Waals surface area contributed by atoms with Crippen molar-refractivity contribution in [1.29, 1.82) is 0 Å². The molecule has 0 bridgehead atoms. The van der Waals surface area contributed by atoms with Crippen LogP contribution < -0.4 is 5.32 Å². The van der Waals surface area contributed by atoms with Crippen LogP contribution in [0.15, 0.2) is 0 Å². The molecule has 2 amide bonds. The maximum Gasteiger partial charge on any atom is 0.326 e. The standard InChI is InChI=1S/C13H20N2O4/c16-9-5-10(11(17)18)15(6-9)12(19)14-7-13(3-4-13)8-1-2-8/h8-10,16H,1-7H2,(H,14,19)(H,17,18)/t9-,10-/m0/s1. The van der Waals surface area contributed by atoms with E-state index in [1.807, 2.05) is 0 Å². The van der Waals surface area contributed by atoms with Crippen LogP contribution in [0.1, 0.15) is 32.1 Å². The number of aliphatic carboxylic acids is 1. The van der Waals surface area contributed by atoms with Crippen molar-refractivity contribution in [1.82, 2.24) is 10.2 Å². The highest BCUT2D eigenvalue weighted by Gasteiger charge is 2.53. The van der Waals surface area contributed by atoms with Gasteiger partial charge in [0.2, 0.25) is 0 Å². The number of aliphatic hydroxyl groups is 1. The van der Waals surface area contributed by atoms with E-state index in [0.717, 1.165) is 5.92 Å². The molecular formula is C13H20N2O4. The molecule has 0 radical (unpaired) electrons. The van der Waals surface area contributed by atoms with E-state index < -0.39 is 18.1 Å². The summed E-state index contributed by atoms with van der Waals surface area (Å²) in [4.78, 5) is 24.4. The van der Waals surface area contributed by atoms with Gasteiger partial charge < -0.3 is 20.4 Å². The summed E-state index contributed by atoms with van der Waals surface area (Å²) in [5.74, 6) is -0.290. The first-order valence-corrected chi connectivity index (χ1v) is 6.97. The van der Waals surface area contributed by atoms with Gasteiger partial charge in [0, 0.05) is 19.5 Å². The number of rotatable bonds is 4. The Morgan fingerprint density at radius 1 is 1.32 bits per heavy atom. The fraction of sp³-hybridized carbons (Fsp3) is 0.846. The highest BCUT2D eigenvalue weighted by Crippen LogP contribution is 2.60. The zero-order chi connectivity index (χ0) is 13.6. The maximum atomic E-state index is 12.1. The molecule has 3 aliphatic rings. The number of hydrogen-bond acceptors (Lipinski definition) is 3. The second-order valence-corrected chi connectivity index (χ2v) is 6.19. The molecule has 3 fully saturated rings. The minimum Gasteiger partial charge on any atom is -0.480 e. The molecule has 19 heavy (non-hydrogen) atoms. The molecule has 1 heterocycles. The molecule has 106 valence electrons. The van der Waals surface area contributed by atoms with E-state index in [4.69, 9.17) is 5.11 Å². The van der Waals surface area contributed by atoms with E-state index in [1.54, 1.807) is 0 Å². The SMILES string of the molecule is O=C(O)[C@@H]1C[C@H](O)CN1C(=O)NCC1(C2CC2)CC1. The highest BCUT2D eigenvalue weighted by atomic mass is 16.4. The van der Waals surface area contributed by atoms with E-state index >= 15 is 0 Å². The van der Waals surface area contributed by atoms with Crippen LogP contribution in [0.4, 0.5) is 4.79 Å². The monoisotopic (exact) mass is 268 g/mol. The fourth-order valence-corrected chi connectivity index (χ4v) is 3.21. The Morgan fingerprint density at radius 2 is 2.00 bits per heavy atom. The van der Waals surface area contributed by atoms with Crippen LogP contribution in [0.3, 0.4) is 0 Å². The van der Waals surface area contributed by atoms with Crippen molar-refractivity contribution in [2.75, 3.05) is 13.1 Å². The number of nitrogens with zero attached hydrogens (tertiary/aromatic N) is 1. The number of β-amino-alcohol motifs (C(OH)–C–C–N with tert-alkyl or cyclic N) is 1. The number of hydrogen-bond donors (Lipinski definition) is 3. The zero-order valence-electron chi connectivity index (χ0n) is 10.8. The fourth-order valence-electron chi connectivity index (χ4n) is 3.21. The van der Waals surface area contributed by atoms with Crippen LogP contribution in [0.2, 0.25) is 0 Å². The van der Waals surface area contributed by atoms with Crippen molar-refractivity contribution in [3.05, 3.63) is 0 Å². The third-order valence-electron chi connectivity index (χ3n) is 4.75. The first kappa shape index (κ1) is 12.7. The molecule has 0 unspecified atom stereocenters. The molecule has 3 N–H and O–H groups in total. The summed E-state index contributed by atoms with van der Waals surface area (Å²) < 4.78 is 0. The Balaban J connectivity index is 1.56. The molecule has 0 aromatic carbocycles. The van der Waals surface area contributed by atoms with E-state index in [0.29, 0.717) is 12.0 Å². The Labute approximate surface area is 111 Å². The van der Waals surface area contributed by atoms with Crippen LogP contribution in [0, 0.1) is 11.3 Å². The Kier molecular flexibility index (Phi) is 2.92. The lowest BCUT2D eigenvalue weighted by molar-refractivity contribution is -0.141. The topological polar surface area (TPSA) is 89.9 Å². The van der Waals surface area contributed by atoms with Crippen molar-refractivity contribution in [3.8, 4) is 0 Å². The van der Waals surface area contributed by atoms with Crippen molar-refractivity contribution < 1.29 is 19.8 Å². The third-order valence-corrected chi connectivity index (χ3v) is 4.75. The van der Waals surface area contributed by atoms with Crippen molar-refractivity contribution in [3.63, 3.8) is 0 Å². The van der Waals surface area contributed by atoms with Gasteiger partial charge in [0.1, 0.15) is 6.04 Å². The Bertz CT molecular complexity index is 403. The first-order valence-electron chi connectivity index (χ1n) is 6.97. The van der Waals surface area contributed by atoms with Gasteiger partial charge in [-0.25, -0.2) is 9.59 Å². The van der Waals surface area contributed by atoms with Gasteiger partial charge in [0.05, 0.1) is 6.10 Å². The molecule has 6 heteroatoms. The molecule has 0 spiro atoms. The number of amides is 2. The first-order chi connectivity index (χ1) is 9.02. The molecule has 2 aliphatic carbocycles. The number of aliphatic hydroxyl groups excluding tert-OH is 1. The second-order valence-electron chi connectivity index (χ2n) is 6.19. The van der Waals surface area contributed by atoms with E-state index in [-0.39, 0.29) is 19.0 Å². The van der Waals surface area contributed by atoms with Crippen LogP contribution in [-0.2, 0) is 4.79 Å². The predicted octanol–water partition coefficient (Wildman–Crippen LogP) is 0.406. The molecular weight excluding hydrogens is 248 g/mol. The van der Waals surface area contributed by atoms with Crippen molar-refractivity contribution in [2.45, 2.75) is 44.2 Å². The van der Waals surface area contributed by atoms with Gasteiger partial charge in [0.25, 0.3) is 0 Å². The third kappa shape index (κ3) is 2.41. The van der Waals surface area contributed by atoms with Crippen molar-refractivity contribution in [2.24, 2.45) is 11.3 Å². The largest absolute Gasteiger partial charge is 0.480 e. The Hall–Kier alpha value is -1.30. The van der Waals surface area contributed by atoms with Gasteiger partial charge in [-0.3, -0.25) is 0 Å². The lowest BCUT2D eigenvalue weighted by Gasteiger charge is -2.23. The number of likely N-dealkylation sites (tertiary alicyclic amines) is 1. The van der Waals surface area contributed by atoms with Gasteiger partial charge in [-0.15, -0.1) is 0 Å². The van der Waals surface area contributed by atoms with Gasteiger partial charge >= 0.3 is 12.0 Å². The van der Waals surface area contributed by atoms with Gasteiger partial charge in [0.15, 0.2) is 0 Å². The molecule has 2 atom stereocenters. The average Bonchev–Trinajstić information content (AvgIpc) is 3.23. The summed E-state index contributed by atoms with van der Waals surface area (Å²) in [5, 5.41) is 21.4.